The van der Waals surface area contributed by atoms with Gasteiger partial charge in [0, 0.05) is 31.6 Å². The Morgan fingerprint density at radius 2 is 1.72 bits per heavy atom. The largest absolute Gasteiger partial charge is 0.347 e. The van der Waals surface area contributed by atoms with Crippen molar-refractivity contribution in [1.82, 2.24) is 19.9 Å². The summed E-state index contributed by atoms with van der Waals surface area (Å²) in [5.41, 5.74) is 4.21. The Morgan fingerprint density at radius 3 is 2.34 bits per heavy atom. The Hall–Kier alpha value is -3.40. The molecule has 32 heavy (non-hydrogen) atoms. The topological polar surface area (TPSA) is 90.9 Å². The van der Waals surface area contributed by atoms with Crippen LogP contribution in [0.25, 0.3) is 23.0 Å². The molecule has 0 aliphatic heterocycles. The lowest BCUT2D eigenvalue weighted by molar-refractivity contribution is 0.114. The first kappa shape index (κ1) is 21.8. The van der Waals surface area contributed by atoms with Crippen LogP contribution in [-0.2, 0) is 23.3 Å². The molecule has 4 rings (SSSR count). The number of hydrogen-bond acceptors (Lipinski definition) is 6. The fraction of sp³-hybridized carbons (Fsp3) is 0.227. The highest BCUT2D eigenvalue weighted by Gasteiger charge is 2.40. The Kier molecular flexibility index (Phi) is 5.41. The number of nitrogens with zero attached hydrogens (tertiary/aromatic N) is 4. The van der Waals surface area contributed by atoms with Gasteiger partial charge >= 0.3 is 5.25 Å². The van der Waals surface area contributed by atoms with E-state index in [9.17, 15) is 17.2 Å². The van der Waals surface area contributed by atoms with Gasteiger partial charge in [-0.25, -0.2) is 8.42 Å². The van der Waals surface area contributed by atoms with Gasteiger partial charge in [-0.2, -0.15) is 18.9 Å². The lowest BCUT2D eigenvalue weighted by atomic mass is 10.1. The first-order chi connectivity index (χ1) is 15.0. The van der Waals surface area contributed by atoms with Crippen molar-refractivity contribution in [1.29, 1.82) is 0 Å². The van der Waals surface area contributed by atoms with E-state index in [2.05, 4.69) is 39.5 Å². The van der Waals surface area contributed by atoms with E-state index in [-0.39, 0.29) is 11.7 Å². The van der Waals surface area contributed by atoms with E-state index >= 15 is 0 Å². The summed E-state index contributed by atoms with van der Waals surface area (Å²) in [4.78, 5) is 3.83. The lowest BCUT2D eigenvalue weighted by Crippen LogP contribution is -2.24. The van der Waals surface area contributed by atoms with Crippen molar-refractivity contribution < 1.29 is 21.7 Å². The van der Waals surface area contributed by atoms with E-state index in [1.54, 1.807) is 4.68 Å². The van der Waals surface area contributed by atoms with Gasteiger partial charge in [-0.15, -0.1) is 0 Å². The van der Waals surface area contributed by atoms with Crippen molar-refractivity contribution in [2.45, 2.75) is 30.4 Å². The van der Waals surface area contributed by atoms with E-state index < -0.39 is 20.0 Å². The minimum absolute atomic E-state index is 0.193. The third-order valence-corrected chi connectivity index (χ3v) is 6.86. The summed E-state index contributed by atoms with van der Waals surface area (Å²) in [5.74, 6) is 0.389. The van der Waals surface area contributed by atoms with Gasteiger partial charge in [-0.05, 0) is 42.8 Å². The highest BCUT2D eigenvalue weighted by Crippen LogP contribution is 2.30. The normalized spacial score (nSPS) is 12.3. The number of hydrogen-bond donors (Lipinski definition) is 0. The maximum absolute atomic E-state index is 13.4. The lowest BCUT2D eigenvalue weighted by Gasteiger charge is -2.11. The molecular formula is C22H20F2N4O3S. The number of rotatable bonds is 6. The molecular weight excluding hydrogens is 438 g/mol. The summed E-state index contributed by atoms with van der Waals surface area (Å²) < 4.78 is 57.5. The Morgan fingerprint density at radius 1 is 1.06 bits per heavy atom. The molecule has 2 heterocycles. The van der Waals surface area contributed by atoms with E-state index in [1.165, 1.54) is 17.7 Å². The molecule has 0 fully saturated rings. The second-order valence-electron chi connectivity index (χ2n) is 7.57. The van der Waals surface area contributed by atoms with Gasteiger partial charge in [0.25, 0.3) is 5.89 Å². The number of halogens is 2. The predicted molar refractivity (Wildman–Crippen MR) is 114 cm³/mol. The molecule has 4 aromatic rings. The van der Waals surface area contributed by atoms with E-state index in [0.29, 0.717) is 24.6 Å². The molecule has 166 valence electrons. The van der Waals surface area contributed by atoms with Crippen LogP contribution < -0.4 is 0 Å². The van der Waals surface area contributed by atoms with Gasteiger partial charge in [0.05, 0.1) is 4.90 Å². The third kappa shape index (κ3) is 4.18. The predicted octanol–water partition coefficient (Wildman–Crippen LogP) is 4.42. The van der Waals surface area contributed by atoms with Crippen LogP contribution in [0.2, 0.25) is 0 Å². The highest BCUT2D eigenvalue weighted by atomic mass is 32.2. The number of alkyl halides is 2. The van der Waals surface area contributed by atoms with Gasteiger partial charge in [-0.1, -0.05) is 35.0 Å². The minimum atomic E-state index is -4.75. The van der Waals surface area contributed by atoms with Crippen molar-refractivity contribution in [3.05, 3.63) is 71.4 Å². The highest BCUT2D eigenvalue weighted by molar-refractivity contribution is 7.92. The Balaban J connectivity index is 1.56. The number of sulfone groups is 1. The van der Waals surface area contributed by atoms with Gasteiger partial charge in [0.1, 0.15) is 0 Å². The van der Waals surface area contributed by atoms with Gasteiger partial charge < -0.3 is 4.52 Å². The van der Waals surface area contributed by atoms with Crippen LogP contribution in [0.5, 0.6) is 0 Å². The number of benzene rings is 2. The molecule has 0 saturated heterocycles. The first-order valence-corrected chi connectivity index (χ1v) is 11.2. The van der Waals surface area contributed by atoms with Crippen molar-refractivity contribution in [2.24, 2.45) is 7.05 Å². The monoisotopic (exact) mass is 458 g/mol. The van der Waals surface area contributed by atoms with Crippen LogP contribution in [0.4, 0.5) is 8.78 Å². The number of aryl methyl sites for hydroxylation is 2. The van der Waals surface area contributed by atoms with Crippen molar-refractivity contribution in [3.63, 3.8) is 0 Å². The molecule has 2 aromatic carbocycles. The van der Waals surface area contributed by atoms with E-state index in [0.717, 1.165) is 23.4 Å². The second kappa shape index (κ2) is 7.94. The molecule has 0 atom stereocenters. The van der Waals surface area contributed by atoms with Gasteiger partial charge in [0.2, 0.25) is 15.7 Å². The van der Waals surface area contributed by atoms with Crippen molar-refractivity contribution in [2.75, 3.05) is 0 Å². The summed E-state index contributed by atoms with van der Waals surface area (Å²) in [6, 6.07) is 15.0. The average molecular weight is 458 g/mol. The zero-order valence-electron chi connectivity index (χ0n) is 17.6. The van der Waals surface area contributed by atoms with Crippen molar-refractivity contribution >= 4 is 9.84 Å². The summed E-state index contributed by atoms with van der Waals surface area (Å²) in [5, 5.41) is 4.46. The quantitative estimate of drug-likeness (QED) is 0.425. The summed E-state index contributed by atoms with van der Waals surface area (Å²) in [7, 11) is -2.93. The maximum Gasteiger partial charge on any atom is 0.347 e. The second-order valence-corrected chi connectivity index (χ2v) is 9.76. The first-order valence-electron chi connectivity index (χ1n) is 9.70. The number of aromatic nitrogens is 4. The van der Waals surface area contributed by atoms with Gasteiger partial charge in [0.15, 0.2) is 5.69 Å². The molecule has 7 nitrogen and oxygen atoms in total. The molecule has 0 aliphatic rings. The minimum Gasteiger partial charge on any atom is -0.332 e. The summed E-state index contributed by atoms with van der Waals surface area (Å²) in [6.45, 7) is 2.38. The Bertz CT molecular complexity index is 1350. The fourth-order valence-corrected chi connectivity index (χ4v) is 4.03. The molecule has 0 unspecified atom stereocenters. The SMILES string of the molecule is Cc1ccc(Cc2cc(-c3nc(-c4ccc(S(=O)(=O)C(C)(F)F)cc4)no3)nn2C)cc1. The molecule has 0 saturated carbocycles. The molecule has 0 N–H and O–H groups in total. The molecule has 10 heteroatoms. The van der Waals surface area contributed by atoms with E-state index in [4.69, 9.17) is 4.52 Å². The molecule has 0 radical (unpaired) electrons. The van der Waals surface area contributed by atoms with Crippen molar-refractivity contribution in [3.8, 4) is 23.0 Å². The summed E-state index contributed by atoms with van der Waals surface area (Å²) in [6.07, 6.45) is 0.683. The van der Waals surface area contributed by atoms with Crippen LogP contribution in [0.15, 0.2) is 64.0 Å². The van der Waals surface area contributed by atoms with Crippen LogP contribution in [0.1, 0.15) is 23.7 Å². The molecule has 0 amide bonds. The fourth-order valence-electron chi connectivity index (χ4n) is 3.13. The molecule has 0 spiro atoms. The van der Waals surface area contributed by atoms with E-state index in [1.807, 2.05) is 20.0 Å². The molecule has 0 bridgehead atoms. The smallest absolute Gasteiger partial charge is 0.332 e. The van der Waals surface area contributed by atoms with Crippen LogP contribution in [0.3, 0.4) is 0 Å². The third-order valence-electron chi connectivity index (χ3n) is 5.02. The molecule has 0 aliphatic carbocycles. The summed E-state index contributed by atoms with van der Waals surface area (Å²) >= 11 is 0. The average Bonchev–Trinajstić information content (AvgIpc) is 3.36. The van der Waals surface area contributed by atoms with Crippen LogP contribution in [-0.4, -0.2) is 33.6 Å². The standard InChI is InChI=1S/C22H20F2N4O3S/c1-14-4-6-15(7-5-14)12-17-13-19(26-28(17)3)21-25-20(27-31-21)16-8-10-18(11-9-16)32(29,30)22(2,23)24/h4-11,13H,12H2,1-3H3. The van der Waals surface area contributed by atoms with Gasteiger partial charge in [-0.3, -0.25) is 4.68 Å². The Labute approximate surface area is 183 Å². The maximum atomic E-state index is 13.4. The van der Waals surface area contributed by atoms with Crippen LogP contribution in [0, 0.1) is 6.92 Å². The zero-order chi connectivity index (χ0) is 23.1. The molecule has 2 aromatic heterocycles. The zero-order valence-corrected chi connectivity index (χ0v) is 18.4. The van der Waals surface area contributed by atoms with Crippen LogP contribution >= 0.6 is 0 Å².